The quantitative estimate of drug-likeness (QED) is 0.437. The first kappa shape index (κ1) is 21.1. The van der Waals surface area contributed by atoms with Crippen LogP contribution in [0.5, 0.6) is 5.75 Å². The molecule has 7 heteroatoms. The molecule has 3 aromatic rings. The van der Waals surface area contributed by atoms with E-state index < -0.39 is 0 Å². The van der Waals surface area contributed by atoms with Crippen LogP contribution >= 0.6 is 11.6 Å². The molecular weight excluding hydrogens is 402 g/mol. The molecule has 2 N–H and O–H groups in total. The molecular formula is C23H20ClN3O3. The van der Waals surface area contributed by atoms with Gasteiger partial charge in [-0.15, -0.1) is 0 Å². The van der Waals surface area contributed by atoms with E-state index in [1.165, 1.54) is 6.21 Å². The summed E-state index contributed by atoms with van der Waals surface area (Å²) in [6.45, 7) is 1.88. The van der Waals surface area contributed by atoms with E-state index in [2.05, 4.69) is 15.8 Å². The van der Waals surface area contributed by atoms with Crippen LogP contribution < -0.4 is 15.5 Å². The summed E-state index contributed by atoms with van der Waals surface area (Å²) in [6.07, 6.45) is 1.51. The number of amides is 2. The molecule has 0 aliphatic carbocycles. The predicted molar refractivity (Wildman–Crippen MR) is 118 cm³/mol. The highest BCUT2D eigenvalue weighted by Crippen LogP contribution is 2.13. The van der Waals surface area contributed by atoms with E-state index in [9.17, 15) is 9.59 Å². The van der Waals surface area contributed by atoms with Gasteiger partial charge in [0.1, 0.15) is 5.75 Å². The fourth-order valence-corrected chi connectivity index (χ4v) is 2.68. The SMILES string of the molecule is Cc1ccc(NC(=O)COc2ccc(/C=N/NC(=O)c3cccc(Cl)c3)cc2)cc1. The third-order valence-corrected chi connectivity index (χ3v) is 4.29. The van der Waals surface area contributed by atoms with Crippen molar-refractivity contribution in [2.75, 3.05) is 11.9 Å². The first-order valence-corrected chi connectivity index (χ1v) is 9.56. The third kappa shape index (κ3) is 6.46. The van der Waals surface area contributed by atoms with Crippen molar-refractivity contribution in [3.05, 3.63) is 94.5 Å². The summed E-state index contributed by atoms with van der Waals surface area (Å²) in [7, 11) is 0. The highest BCUT2D eigenvalue weighted by atomic mass is 35.5. The van der Waals surface area contributed by atoms with Crippen molar-refractivity contribution in [1.82, 2.24) is 5.43 Å². The number of nitrogens with one attached hydrogen (secondary N) is 2. The van der Waals surface area contributed by atoms with Gasteiger partial charge >= 0.3 is 0 Å². The zero-order valence-electron chi connectivity index (χ0n) is 16.3. The number of benzene rings is 3. The predicted octanol–water partition coefficient (Wildman–Crippen LogP) is 4.43. The first-order chi connectivity index (χ1) is 14.5. The normalized spacial score (nSPS) is 10.6. The number of hydrogen-bond donors (Lipinski definition) is 2. The van der Waals surface area contributed by atoms with Gasteiger partial charge in [-0.25, -0.2) is 5.43 Å². The van der Waals surface area contributed by atoms with E-state index in [1.54, 1.807) is 48.5 Å². The number of anilines is 1. The smallest absolute Gasteiger partial charge is 0.271 e. The van der Waals surface area contributed by atoms with Crippen molar-refractivity contribution < 1.29 is 14.3 Å². The number of carbonyl (C=O) groups excluding carboxylic acids is 2. The molecule has 2 amide bonds. The van der Waals surface area contributed by atoms with Gasteiger partial charge in [-0.1, -0.05) is 35.4 Å². The Labute approximate surface area is 179 Å². The zero-order chi connectivity index (χ0) is 21.3. The maximum atomic E-state index is 12.0. The second-order valence-electron chi connectivity index (χ2n) is 6.48. The van der Waals surface area contributed by atoms with Gasteiger partial charge in [0.25, 0.3) is 11.8 Å². The summed E-state index contributed by atoms with van der Waals surface area (Å²) >= 11 is 5.87. The molecule has 3 rings (SSSR count). The maximum absolute atomic E-state index is 12.0. The van der Waals surface area contributed by atoms with Crippen LogP contribution in [0.3, 0.4) is 0 Å². The Kier molecular flexibility index (Phi) is 7.19. The molecule has 30 heavy (non-hydrogen) atoms. The molecule has 0 unspecified atom stereocenters. The van der Waals surface area contributed by atoms with Crippen molar-refractivity contribution in [2.24, 2.45) is 5.10 Å². The van der Waals surface area contributed by atoms with Crippen molar-refractivity contribution in [2.45, 2.75) is 6.92 Å². The zero-order valence-corrected chi connectivity index (χ0v) is 17.0. The molecule has 6 nitrogen and oxygen atoms in total. The van der Waals surface area contributed by atoms with Crippen LogP contribution in [-0.4, -0.2) is 24.6 Å². The minimum absolute atomic E-state index is 0.100. The molecule has 0 heterocycles. The Balaban J connectivity index is 1.46. The van der Waals surface area contributed by atoms with Gasteiger partial charge in [0.05, 0.1) is 6.21 Å². The number of hydrazone groups is 1. The average molecular weight is 422 g/mol. The molecule has 152 valence electrons. The largest absolute Gasteiger partial charge is 0.484 e. The fraction of sp³-hybridized carbons (Fsp3) is 0.0870. The topological polar surface area (TPSA) is 79.8 Å². The van der Waals surface area contributed by atoms with E-state index in [1.807, 2.05) is 31.2 Å². The molecule has 0 radical (unpaired) electrons. The molecule has 0 aromatic heterocycles. The van der Waals surface area contributed by atoms with Crippen LogP contribution in [0.15, 0.2) is 77.9 Å². The Hall–Kier alpha value is -3.64. The number of rotatable bonds is 7. The first-order valence-electron chi connectivity index (χ1n) is 9.18. The molecule has 3 aromatic carbocycles. The Morgan fingerprint density at radius 1 is 1.03 bits per heavy atom. The molecule has 0 saturated carbocycles. The highest BCUT2D eigenvalue weighted by Gasteiger charge is 2.05. The molecule has 0 atom stereocenters. The second kappa shape index (κ2) is 10.2. The highest BCUT2D eigenvalue weighted by molar-refractivity contribution is 6.30. The van der Waals surface area contributed by atoms with Crippen LogP contribution in [-0.2, 0) is 4.79 Å². The lowest BCUT2D eigenvalue weighted by Crippen LogP contribution is -2.20. The van der Waals surface area contributed by atoms with Gasteiger partial charge in [0.15, 0.2) is 6.61 Å². The van der Waals surface area contributed by atoms with Crippen molar-refractivity contribution >= 4 is 35.3 Å². The van der Waals surface area contributed by atoms with Crippen LogP contribution in [0.25, 0.3) is 0 Å². The van der Waals surface area contributed by atoms with Gasteiger partial charge < -0.3 is 10.1 Å². The number of carbonyl (C=O) groups is 2. The van der Waals surface area contributed by atoms with Gasteiger partial charge in [0, 0.05) is 16.3 Å². The maximum Gasteiger partial charge on any atom is 0.271 e. The number of halogens is 1. The van der Waals surface area contributed by atoms with E-state index in [-0.39, 0.29) is 18.4 Å². The summed E-state index contributed by atoms with van der Waals surface area (Å²) in [5.41, 5.74) is 5.47. The fourth-order valence-electron chi connectivity index (χ4n) is 2.49. The summed E-state index contributed by atoms with van der Waals surface area (Å²) in [5, 5.41) is 7.19. The van der Waals surface area contributed by atoms with E-state index >= 15 is 0 Å². The lowest BCUT2D eigenvalue weighted by atomic mass is 10.2. The Bertz CT molecular complexity index is 1050. The lowest BCUT2D eigenvalue weighted by Gasteiger charge is -2.08. The van der Waals surface area contributed by atoms with E-state index in [0.29, 0.717) is 16.3 Å². The molecule has 0 saturated heterocycles. The van der Waals surface area contributed by atoms with Gasteiger partial charge in [-0.05, 0) is 67.1 Å². The standard InChI is InChI=1S/C23H20ClN3O3/c1-16-5-9-20(10-6-16)26-22(28)15-30-21-11-7-17(8-12-21)14-25-27-23(29)18-3-2-4-19(24)13-18/h2-14H,15H2,1H3,(H,26,28)(H,27,29)/b25-14+. The van der Waals surface area contributed by atoms with Gasteiger partial charge in [-0.2, -0.15) is 5.10 Å². The summed E-state index contributed by atoms with van der Waals surface area (Å²) in [6, 6.07) is 21.1. The van der Waals surface area contributed by atoms with Crippen LogP contribution in [0.1, 0.15) is 21.5 Å². The molecule has 0 spiro atoms. The summed E-state index contributed by atoms with van der Waals surface area (Å²) in [5.74, 6) is -0.0457. The molecule has 0 aliphatic rings. The van der Waals surface area contributed by atoms with Gasteiger partial charge in [-0.3, -0.25) is 9.59 Å². The van der Waals surface area contributed by atoms with Crippen molar-refractivity contribution in [3.8, 4) is 5.75 Å². The molecule has 0 bridgehead atoms. The molecule has 0 aliphatic heterocycles. The third-order valence-electron chi connectivity index (χ3n) is 4.05. The number of ether oxygens (including phenoxy) is 1. The average Bonchev–Trinajstić information content (AvgIpc) is 2.75. The van der Waals surface area contributed by atoms with Crippen molar-refractivity contribution in [1.29, 1.82) is 0 Å². The lowest BCUT2D eigenvalue weighted by molar-refractivity contribution is -0.118. The minimum Gasteiger partial charge on any atom is -0.484 e. The Morgan fingerprint density at radius 2 is 1.77 bits per heavy atom. The van der Waals surface area contributed by atoms with E-state index in [4.69, 9.17) is 16.3 Å². The van der Waals surface area contributed by atoms with E-state index in [0.717, 1.165) is 16.8 Å². The van der Waals surface area contributed by atoms with Crippen LogP contribution in [0, 0.1) is 6.92 Å². The summed E-state index contributed by atoms with van der Waals surface area (Å²) in [4.78, 5) is 24.0. The van der Waals surface area contributed by atoms with Crippen molar-refractivity contribution in [3.63, 3.8) is 0 Å². The monoisotopic (exact) mass is 421 g/mol. The second-order valence-corrected chi connectivity index (χ2v) is 6.92. The van der Waals surface area contributed by atoms with Crippen LogP contribution in [0.2, 0.25) is 5.02 Å². The van der Waals surface area contributed by atoms with Gasteiger partial charge in [0.2, 0.25) is 0 Å². The summed E-state index contributed by atoms with van der Waals surface area (Å²) < 4.78 is 5.49. The number of hydrogen-bond acceptors (Lipinski definition) is 4. The minimum atomic E-state index is -0.353. The number of aryl methyl sites for hydroxylation is 1. The number of nitrogens with zero attached hydrogens (tertiary/aromatic N) is 1. The molecule has 0 fully saturated rings. The van der Waals surface area contributed by atoms with Crippen LogP contribution in [0.4, 0.5) is 5.69 Å². The Morgan fingerprint density at radius 3 is 2.47 bits per heavy atom.